The molecule has 5 nitrogen and oxygen atoms in total. The molecule has 3 N–H and O–H groups in total. The summed E-state index contributed by atoms with van der Waals surface area (Å²) < 4.78 is 1.53. The third kappa shape index (κ3) is 3.58. The molecule has 1 unspecified atom stereocenters. The Labute approximate surface area is 112 Å². The fourth-order valence-electron chi connectivity index (χ4n) is 1.99. The van der Waals surface area contributed by atoms with E-state index in [9.17, 15) is 4.79 Å². The van der Waals surface area contributed by atoms with E-state index >= 15 is 0 Å². The number of hydrogen-bond donors (Lipinski definition) is 2. The smallest absolute Gasteiger partial charge is 0.239 e. The molecule has 2 aromatic rings. The van der Waals surface area contributed by atoms with E-state index in [-0.39, 0.29) is 12.6 Å². The molecule has 0 saturated heterocycles. The number of nitrogens with two attached hydrogens (primary N) is 1. The van der Waals surface area contributed by atoms with E-state index in [4.69, 9.17) is 5.73 Å². The quantitative estimate of drug-likeness (QED) is 0.831. The van der Waals surface area contributed by atoms with Gasteiger partial charge in [-0.25, -0.2) is 0 Å². The number of rotatable bonds is 6. The highest BCUT2D eigenvalue weighted by Gasteiger charge is 2.10. The number of nitrogens with zero attached hydrogens (tertiary/aromatic N) is 2. The fourth-order valence-corrected chi connectivity index (χ4v) is 1.99. The van der Waals surface area contributed by atoms with Crippen LogP contribution in [0, 0.1) is 0 Å². The molecule has 2 rings (SSSR count). The molecular weight excluding hydrogens is 240 g/mol. The van der Waals surface area contributed by atoms with Crippen molar-refractivity contribution in [3.63, 3.8) is 0 Å². The average molecular weight is 258 g/mol. The summed E-state index contributed by atoms with van der Waals surface area (Å²) in [5, 5.41) is 7.49. The van der Waals surface area contributed by atoms with E-state index in [1.165, 1.54) is 10.2 Å². The number of hydrogen-bond acceptors (Lipinski definition) is 3. The monoisotopic (exact) mass is 258 g/mol. The summed E-state index contributed by atoms with van der Waals surface area (Å²) in [6.07, 6.45) is 4.45. The van der Waals surface area contributed by atoms with Gasteiger partial charge in [-0.2, -0.15) is 5.10 Å². The Bertz CT molecular complexity index is 535. The third-order valence-corrected chi connectivity index (χ3v) is 2.90. The zero-order chi connectivity index (χ0) is 13.7. The van der Waals surface area contributed by atoms with Crippen LogP contribution in [0.25, 0.3) is 0 Å². The van der Waals surface area contributed by atoms with Gasteiger partial charge < -0.3 is 11.1 Å². The second-order valence-electron chi connectivity index (χ2n) is 4.41. The van der Waals surface area contributed by atoms with E-state index in [0.717, 1.165) is 12.1 Å². The summed E-state index contributed by atoms with van der Waals surface area (Å²) in [4.78, 5) is 10.8. The van der Waals surface area contributed by atoms with Crippen molar-refractivity contribution in [3.8, 4) is 0 Å². The second-order valence-corrected chi connectivity index (χ2v) is 4.41. The Balaban J connectivity index is 2.06. The van der Waals surface area contributed by atoms with Crippen LogP contribution in [0.5, 0.6) is 0 Å². The molecule has 1 atom stereocenters. The summed E-state index contributed by atoms with van der Waals surface area (Å²) in [6, 6.07) is 10.5. The van der Waals surface area contributed by atoms with Gasteiger partial charge >= 0.3 is 0 Å². The SMILES string of the molecule is CCC(Nc1cnn(CC(N)=O)c1)c1ccccc1. The highest BCUT2D eigenvalue weighted by molar-refractivity contribution is 5.73. The van der Waals surface area contributed by atoms with Gasteiger partial charge in [-0.1, -0.05) is 37.3 Å². The molecule has 0 aliphatic heterocycles. The zero-order valence-corrected chi connectivity index (χ0v) is 10.9. The van der Waals surface area contributed by atoms with Crippen LogP contribution in [0.3, 0.4) is 0 Å². The standard InChI is InChI=1S/C14H18N4O/c1-2-13(11-6-4-3-5-7-11)17-12-8-16-18(9-12)10-14(15)19/h3-9,13,17H,2,10H2,1H3,(H2,15,19). The predicted octanol–water partition coefficient (Wildman–Crippen LogP) is 1.93. The Kier molecular flexibility index (Phi) is 4.18. The van der Waals surface area contributed by atoms with Crippen molar-refractivity contribution in [2.45, 2.75) is 25.9 Å². The first-order chi connectivity index (χ1) is 9.19. The molecule has 0 saturated carbocycles. The van der Waals surface area contributed by atoms with Gasteiger partial charge in [-0.05, 0) is 12.0 Å². The Morgan fingerprint density at radius 2 is 2.16 bits per heavy atom. The molecule has 0 bridgehead atoms. The minimum atomic E-state index is -0.398. The maximum absolute atomic E-state index is 10.8. The summed E-state index contributed by atoms with van der Waals surface area (Å²) in [5.74, 6) is -0.398. The summed E-state index contributed by atoms with van der Waals surface area (Å²) in [7, 11) is 0. The molecule has 1 amide bonds. The van der Waals surface area contributed by atoms with Crippen molar-refractivity contribution in [2.75, 3.05) is 5.32 Å². The minimum Gasteiger partial charge on any atom is -0.376 e. The Morgan fingerprint density at radius 3 is 2.79 bits per heavy atom. The molecule has 0 radical (unpaired) electrons. The lowest BCUT2D eigenvalue weighted by Crippen LogP contribution is -2.18. The molecule has 100 valence electrons. The lowest BCUT2D eigenvalue weighted by Gasteiger charge is -2.17. The predicted molar refractivity (Wildman–Crippen MR) is 74.5 cm³/mol. The number of carbonyl (C=O) groups excluding carboxylic acids is 1. The number of nitrogens with one attached hydrogen (secondary N) is 1. The molecule has 1 aromatic carbocycles. The number of amides is 1. The normalized spacial score (nSPS) is 12.1. The Morgan fingerprint density at radius 1 is 1.42 bits per heavy atom. The van der Waals surface area contributed by atoms with Crippen molar-refractivity contribution < 1.29 is 4.79 Å². The van der Waals surface area contributed by atoms with Gasteiger partial charge in [0.15, 0.2) is 0 Å². The number of primary amides is 1. The third-order valence-electron chi connectivity index (χ3n) is 2.90. The van der Waals surface area contributed by atoms with Crippen LogP contribution in [-0.4, -0.2) is 15.7 Å². The van der Waals surface area contributed by atoms with Crippen LogP contribution in [0.1, 0.15) is 24.9 Å². The maximum atomic E-state index is 10.8. The molecule has 19 heavy (non-hydrogen) atoms. The molecule has 0 aliphatic carbocycles. The number of benzene rings is 1. The van der Waals surface area contributed by atoms with Gasteiger partial charge in [-0.15, -0.1) is 0 Å². The van der Waals surface area contributed by atoms with Crippen molar-refractivity contribution in [3.05, 3.63) is 48.3 Å². The summed E-state index contributed by atoms with van der Waals surface area (Å²) >= 11 is 0. The first kappa shape index (κ1) is 13.1. The van der Waals surface area contributed by atoms with Crippen molar-refractivity contribution in [2.24, 2.45) is 5.73 Å². The van der Waals surface area contributed by atoms with Crippen molar-refractivity contribution >= 4 is 11.6 Å². The van der Waals surface area contributed by atoms with Crippen LogP contribution in [0.15, 0.2) is 42.7 Å². The lowest BCUT2D eigenvalue weighted by molar-refractivity contribution is -0.118. The molecular formula is C14H18N4O. The van der Waals surface area contributed by atoms with Gasteiger partial charge in [0.1, 0.15) is 6.54 Å². The van der Waals surface area contributed by atoms with Crippen LogP contribution >= 0.6 is 0 Å². The summed E-state index contributed by atoms with van der Waals surface area (Å²) in [6.45, 7) is 2.22. The highest BCUT2D eigenvalue weighted by atomic mass is 16.1. The van der Waals surface area contributed by atoms with Crippen molar-refractivity contribution in [1.82, 2.24) is 9.78 Å². The van der Waals surface area contributed by atoms with E-state index in [1.54, 1.807) is 12.4 Å². The van der Waals surface area contributed by atoms with E-state index in [0.29, 0.717) is 0 Å². The topological polar surface area (TPSA) is 72.9 Å². The molecule has 0 fully saturated rings. The number of aromatic nitrogens is 2. The highest BCUT2D eigenvalue weighted by Crippen LogP contribution is 2.21. The molecule has 1 heterocycles. The number of anilines is 1. The Hall–Kier alpha value is -2.30. The minimum absolute atomic E-state index is 0.101. The zero-order valence-electron chi connectivity index (χ0n) is 10.9. The molecule has 5 heteroatoms. The lowest BCUT2D eigenvalue weighted by atomic mass is 10.0. The molecule has 0 spiro atoms. The molecule has 1 aromatic heterocycles. The van der Waals surface area contributed by atoms with Crippen molar-refractivity contribution in [1.29, 1.82) is 0 Å². The first-order valence-electron chi connectivity index (χ1n) is 6.31. The van der Waals surface area contributed by atoms with Crippen LogP contribution < -0.4 is 11.1 Å². The van der Waals surface area contributed by atoms with E-state index in [2.05, 4.69) is 29.5 Å². The maximum Gasteiger partial charge on any atom is 0.239 e. The largest absolute Gasteiger partial charge is 0.376 e. The van der Waals surface area contributed by atoms with E-state index in [1.807, 2.05) is 18.2 Å². The van der Waals surface area contributed by atoms with Gasteiger partial charge in [0, 0.05) is 6.20 Å². The summed E-state index contributed by atoms with van der Waals surface area (Å²) in [5.41, 5.74) is 7.25. The van der Waals surface area contributed by atoms with Gasteiger partial charge in [0.2, 0.25) is 5.91 Å². The average Bonchev–Trinajstić information content (AvgIpc) is 2.83. The second kappa shape index (κ2) is 6.04. The first-order valence-corrected chi connectivity index (χ1v) is 6.31. The van der Waals surface area contributed by atoms with Gasteiger partial charge in [0.05, 0.1) is 17.9 Å². The van der Waals surface area contributed by atoms with Crippen LogP contribution in [0.4, 0.5) is 5.69 Å². The van der Waals surface area contributed by atoms with Crippen LogP contribution in [0.2, 0.25) is 0 Å². The molecule has 0 aliphatic rings. The van der Waals surface area contributed by atoms with Crippen LogP contribution in [-0.2, 0) is 11.3 Å². The van der Waals surface area contributed by atoms with E-state index < -0.39 is 5.91 Å². The number of carbonyl (C=O) groups is 1. The van der Waals surface area contributed by atoms with Gasteiger partial charge in [-0.3, -0.25) is 9.48 Å². The fraction of sp³-hybridized carbons (Fsp3) is 0.286. The van der Waals surface area contributed by atoms with Gasteiger partial charge in [0.25, 0.3) is 0 Å².